The number of rotatable bonds is 7. The summed E-state index contributed by atoms with van der Waals surface area (Å²) in [6.45, 7) is 3.49. The van der Waals surface area contributed by atoms with Gasteiger partial charge in [-0.1, -0.05) is 30.6 Å². The summed E-state index contributed by atoms with van der Waals surface area (Å²) in [5, 5.41) is 15.2. The van der Waals surface area contributed by atoms with E-state index < -0.39 is 5.92 Å². The fourth-order valence-corrected chi connectivity index (χ4v) is 1.99. The number of amides is 1. The number of nitrogens with zero attached hydrogens (tertiary/aromatic N) is 1. The number of nitrogens with one attached hydrogen (secondary N) is 1. The van der Waals surface area contributed by atoms with Crippen LogP contribution in [0.4, 0.5) is 5.69 Å². The quantitative estimate of drug-likeness (QED) is 0.459. The van der Waals surface area contributed by atoms with Crippen molar-refractivity contribution in [3.8, 4) is 0 Å². The van der Waals surface area contributed by atoms with Gasteiger partial charge in [0.1, 0.15) is 5.78 Å². The van der Waals surface area contributed by atoms with E-state index in [4.69, 9.17) is 16.8 Å². The first-order valence-corrected chi connectivity index (χ1v) is 7.14. The Morgan fingerprint density at radius 1 is 1.29 bits per heavy atom. The zero-order valence-electron chi connectivity index (χ0n) is 12.1. The number of carbonyl (C=O) groups excluding carboxylic acids is 2. The molecule has 1 rings (SSSR count). The number of halogens is 1. The van der Waals surface area contributed by atoms with Crippen LogP contribution in [-0.4, -0.2) is 22.6 Å². The largest absolute Gasteiger partial charge is 0.411 e. The molecule has 0 unspecified atom stereocenters. The molecule has 0 aliphatic rings. The molecule has 0 bridgehead atoms. The molecule has 0 aliphatic carbocycles. The summed E-state index contributed by atoms with van der Waals surface area (Å²) in [4.78, 5) is 23.7. The lowest BCUT2D eigenvalue weighted by atomic mass is 9.95. The van der Waals surface area contributed by atoms with Gasteiger partial charge in [0.2, 0.25) is 5.91 Å². The Balaban J connectivity index is 2.46. The Labute approximate surface area is 129 Å². The Morgan fingerprint density at radius 3 is 2.43 bits per heavy atom. The summed E-state index contributed by atoms with van der Waals surface area (Å²) in [6, 6.07) is 6.74. The maximum Gasteiger partial charge on any atom is 0.224 e. The van der Waals surface area contributed by atoms with Crippen LogP contribution in [-0.2, 0) is 9.59 Å². The molecule has 5 nitrogen and oxygen atoms in total. The lowest BCUT2D eigenvalue weighted by molar-refractivity contribution is -0.124. The summed E-state index contributed by atoms with van der Waals surface area (Å²) in [7, 11) is 0. The third kappa shape index (κ3) is 5.55. The van der Waals surface area contributed by atoms with Gasteiger partial charge in [-0.15, -0.1) is 0 Å². The number of anilines is 1. The first kappa shape index (κ1) is 17.2. The molecule has 2 N–H and O–H groups in total. The van der Waals surface area contributed by atoms with Crippen molar-refractivity contribution in [2.24, 2.45) is 11.1 Å². The Bertz CT molecular complexity index is 526. The lowest BCUT2D eigenvalue weighted by Crippen LogP contribution is -2.22. The van der Waals surface area contributed by atoms with Crippen LogP contribution in [0.5, 0.6) is 0 Å². The van der Waals surface area contributed by atoms with Gasteiger partial charge in [-0.25, -0.2) is 0 Å². The molecular weight excluding hydrogens is 292 g/mol. The van der Waals surface area contributed by atoms with E-state index in [0.717, 1.165) is 0 Å². The van der Waals surface area contributed by atoms with Gasteiger partial charge in [-0.05, 0) is 30.7 Å². The van der Waals surface area contributed by atoms with Gasteiger partial charge in [-0.2, -0.15) is 0 Å². The van der Waals surface area contributed by atoms with E-state index in [1.165, 1.54) is 0 Å². The number of ketones is 1. The van der Waals surface area contributed by atoms with Crippen LogP contribution in [0.2, 0.25) is 5.02 Å². The fraction of sp³-hybridized carbons (Fsp3) is 0.400. The van der Waals surface area contributed by atoms with Crippen LogP contribution in [0.25, 0.3) is 0 Å². The predicted octanol–water partition coefficient (Wildman–Crippen LogP) is 3.50. The molecular formula is C15H19ClN2O3. The van der Waals surface area contributed by atoms with Crippen LogP contribution in [0.1, 0.15) is 33.1 Å². The van der Waals surface area contributed by atoms with E-state index in [1.807, 2.05) is 6.92 Å². The first-order valence-electron chi connectivity index (χ1n) is 6.76. The maximum atomic E-state index is 11.9. The molecule has 0 heterocycles. The summed E-state index contributed by atoms with van der Waals surface area (Å²) in [5.41, 5.74) is 1.06. The molecule has 0 saturated heterocycles. The Hall–Kier alpha value is -1.88. The highest BCUT2D eigenvalue weighted by Gasteiger charge is 2.19. The minimum Gasteiger partial charge on any atom is -0.411 e. The molecule has 21 heavy (non-hydrogen) atoms. The summed E-state index contributed by atoms with van der Waals surface area (Å²) in [5.74, 6) is -0.823. The maximum absolute atomic E-state index is 11.9. The normalized spacial score (nSPS) is 12.8. The molecule has 0 spiro atoms. The minimum atomic E-state index is -0.469. The minimum absolute atomic E-state index is 0.0915. The second kappa shape index (κ2) is 8.42. The van der Waals surface area contributed by atoms with Crippen molar-refractivity contribution in [1.29, 1.82) is 0 Å². The van der Waals surface area contributed by atoms with Gasteiger partial charge < -0.3 is 10.5 Å². The number of hydrogen-bond acceptors (Lipinski definition) is 4. The van der Waals surface area contributed by atoms with E-state index in [1.54, 1.807) is 31.2 Å². The van der Waals surface area contributed by atoms with Crippen molar-refractivity contribution in [2.75, 3.05) is 5.32 Å². The molecule has 0 radical (unpaired) electrons. The van der Waals surface area contributed by atoms with E-state index in [0.29, 0.717) is 22.8 Å². The number of benzene rings is 1. The Kier molecular flexibility index (Phi) is 6.88. The van der Waals surface area contributed by atoms with Gasteiger partial charge in [0, 0.05) is 23.6 Å². The van der Waals surface area contributed by atoms with E-state index in [2.05, 4.69) is 10.5 Å². The first-order chi connectivity index (χ1) is 9.97. The van der Waals surface area contributed by atoms with E-state index >= 15 is 0 Å². The van der Waals surface area contributed by atoms with Crippen LogP contribution < -0.4 is 5.32 Å². The highest BCUT2D eigenvalue weighted by Crippen LogP contribution is 2.14. The van der Waals surface area contributed by atoms with Crippen LogP contribution in [0.15, 0.2) is 29.4 Å². The lowest BCUT2D eigenvalue weighted by Gasteiger charge is -2.10. The molecule has 1 aromatic carbocycles. The van der Waals surface area contributed by atoms with E-state index in [9.17, 15) is 9.59 Å². The summed E-state index contributed by atoms with van der Waals surface area (Å²) in [6.07, 6.45) is 0.703. The summed E-state index contributed by atoms with van der Waals surface area (Å²) < 4.78 is 0. The fourth-order valence-electron chi connectivity index (χ4n) is 1.86. The highest BCUT2D eigenvalue weighted by molar-refractivity contribution is 6.30. The van der Waals surface area contributed by atoms with Crippen LogP contribution in [0, 0.1) is 5.92 Å². The molecule has 1 amide bonds. The molecule has 0 aliphatic heterocycles. The third-order valence-corrected chi connectivity index (χ3v) is 3.45. The van der Waals surface area contributed by atoms with Crippen molar-refractivity contribution < 1.29 is 14.8 Å². The average Bonchev–Trinajstić information content (AvgIpc) is 2.48. The van der Waals surface area contributed by atoms with Gasteiger partial charge in [0.05, 0.1) is 11.6 Å². The molecule has 0 fully saturated rings. The van der Waals surface area contributed by atoms with Crippen LogP contribution >= 0.6 is 11.6 Å². The number of hydrogen-bond donors (Lipinski definition) is 2. The molecule has 6 heteroatoms. The van der Waals surface area contributed by atoms with Crippen LogP contribution in [0.3, 0.4) is 0 Å². The highest BCUT2D eigenvalue weighted by atomic mass is 35.5. The third-order valence-electron chi connectivity index (χ3n) is 3.20. The summed E-state index contributed by atoms with van der Waals surface area (Å²) >= 11 is 5.75. The second-order valence-electron chi connectivity index (χ2n) is 4.69. The predicted molar refractivity (Wildman–Crippen MR) is 83.0 cm³/mol. The van der Waals surface area contributed by atoms with Crippen molar-refractivity contribution in [3.63, 3.8) is 0 Å². The van der Waals surface area contributed by atoms with Crippen molar-refractivity contribution >= 4 is 34.7 Å². The number of carbonyl (C=O) groups is 2. The van der Waals surface area contributed by atoms with Gasteiger partial charge >= 0.3 is 0 Å². The molecule has 1 atom stereocenters. The average molecular weight is 311 g/mol. The molecule has 0 saturated carbocycles. The molecule has 0 aromatic heterocycles. The van der Waals surface area contributed by atoms with Crippen molar-refractivity contribution in [2.45, 2.75) is 33.1 Å². The second-order valence-corrected chi connectivity index (χ2v) is 5.12. The number of Topliss-reactive ketones (excluding diaryl/α,β-unsaturated/α-hetero) is 1. The monoisotopic (exact) mass is 310 g/mol. The standard InChI is InChI=1S/C15H19ClN2O3/c1-3-13(18-21)10(2)14(19)8-9-15(20)17-12-6-4-11(16)5-7-12/h4-7,10,21H,3,8-9H2,1-2H3,(H,17,20)/b18-13-/t10-/m1/s1. The van der Waals surface area contributed by atoms with Crippen molar-refractivity contribution in [3.05, 3.63) is 29.3 Å². The SMILES string of the molecule is CC/C(=N/O)[C@@H](C)C(=O)CCC(=O)Nc1ccc(Cl)cc1. The Morgan fingerprint density at radius 2 is 1.90 bits per heavy atom. The van der Waals surface area contributed by atoms with Gasteiger partial charge in [0.15, 0.2) is 0 Å². The van der Waals surface area contributed by atoms with Crippen molar-refractivity contribution in [1.82, 2.24) is 0 Å². The van der Waals surface area contributed by atoms with Gasteiger partial charge in [0.25, 0.3) is 0 Å². The van der Waals surface area contributed by atoms with E-state index in [-0.39, 0.29) is 24.5 Å². The zero-order valence-corrected chi connectivity index (χ0v) is 12.9. The number of oxime groups is 1. The van der Waals surface area contributed by atoms with Gasteiger partial charge in [-0.3, -0.25) is 9.59 Å². The smallest absolute Gasteiger partial charge is 0.224 e. The molecule has 1 aromatic rings. The molecule has 114 valence electrons. The zero-order chi connectivity index (χ0) is 15.8. The topological polar surface area (TPSA) is 78.8 Å².